The summed E-state index contributed by atoms with van der Waals surface area (Å²) in [5.74, 6) is 0.569. The molecule has 4 heteroatoms. The van der Waals surface area contributed by atoms with Crippen LogP contribution in [0, 0.1) is 16.7 Å². The van der Waals surface area contributed by atoms with Crippen molar-refractivity contribution in [2.75, 3.05) is 6.54 Å². The van der Waals surface area contributed by atoms with Crippen LogP contribution >= 0.6 is 0 Å². The summed E-state index contributed by atoms with van der Waals surface area (Å²) in [4.78, 5) is 12.1. The molecule has 1 aliphatic carbocycles. The molecule has 1 amide bonds. The molecular weight excluding hydrogens is 252 g/mol. The Morgan fingerprint density at radius 1 is 1.40 bits per heavy atom. The van der Waals surface area contributed by atoms with E-state index in [1.165, 1.54) is 0 Å². The minimum absolute atomic E-state index is 0.0984. The van der Waals surface area contributed by atoms with E-state index in [9.17, 15) is 9.90 Å². The van der Waals surface area contributed by atoms with E-state index >= 15 is 0 Å². The van der Waals surface area contributed by atoms with E-state index in [1.807, 2.05) is 13.8 Å². The fourth-order valence-electron chi connectivity index (χ4n) is 2.93. The summed E-state index contributed by atoms with van der Waals surface area (Å²) in [5.41, 5.74) is 5.65. The van der Waals surface area contributed by atoms with Gasteiger partial charge in [-0.3, -0.25) is 4.79 Å². The van der Waals surface area contributed by atoms with Gasteiger partial charge in [0.2, 0.25) is 5.91 Å². The maximum Gasteiger partial charge on any atom is 0.220 e. The molecule has 0 spiro atoms. The van der Waals surface area contributed by atoms with Gasteiger partial charge in [0.1, 0.15) is 0 Å². The van der Waals surface area contributed by atoms with Crippen LogP contribution in [0.5, 0.6) is 0 Å². The van der Waals surface area contributed by atoms with Crippen molar-refractivity contribution in [1.29, 1.82) is 0 Å². The third-order valence-corrected chi connectivity index (χ3v) is 5.01. The van der Waals surface area contributed by atoms with Gasteiger partial charge in [0.15, 0.2) is 0 Å². The zero-order valence-electron chi connectivity index (χ0n) is 13.7. The van der Waals surface area contributed by atoms with E-state index in [4.69, 9.17) is 5.73 Å². The van der Waals surface area contributed by atoms with E-state index in [0.29, 0.717) is 25.3 Å². The first-order valence-corrected chi connectivity index (χ1v) is 7.76. The average molecular weight is 284 g/mol. The molecule has 0 heterocycles. The Hall–Kier alpha value is -0.610. The van der Waals surface area contributed by atoms with Crippen molar-refractivity contribution in [3.8, 4) is 0 Å². The number of rotatable bonds is 6. The summed E-state index contributed by atoms with van der Waals surface area (Å²) in [6.07, 6.45) is 2.76. The number of aliphatic hydroxyl groups excluding tert-OH is 1. The largest absolute Gasteiger partial charge is 0.392 e. The van der Waals surface area contributed by atoms with Crippen LogP contribution in [0.4, 0.5) is 0 Å². The third-order valence-electron chi connectivity index (χ3n) is 5.01. The molecule has 0 aliphatic heterocycles. The zero-order chi connectivity index (χ0) is 15.6. The highest BCUT2D eigenvalue weighted by Crippen LogP contribution is 2.40. The lowest BCUT2D eigenvalue weighted by molar-refractivity contribution is -0.129. The van der Waals surface area contributed by atoms with Crippen LogP contribution in [-0.4, -0.2) is 29.7 Å². The number of nitrogens with two attached hydrogens (primary N) is 1. The van der Waals surface area contributed by atoms with Crippen LogP contribution in [0.15, 0.2) is 0 Å². The van der Waals surface area contributed by atoms with Gasteiger partial charge < -0.3 is 16.2 Å². The summed E-state index contributed by atoms with van der Waals surface area (Å²) in [6, 6.07) is 0.104. The quantitative estimate of drug-likeness (QED) is 0.699. The maximum atomic E-state index is 12.1. The average Bonchev–Trinajstić information content (AvgIpc) is 2.32. The Balaban J connectivity index is 2.39. The first-order valence-electron chi connectivity index (χ1n) is 7.76. The lowest BCUT2D eigenvalue weighted by atomic mass is 9.64. The van der Waals surface area contributed by atoms with Gasteiger partial charge in [-0.25, -0.2) is 0 Å². The Morgan fingerprint density at radius 3 is 2.40 bits per heavy atom. The summed E-state index contributed by atoms with van der Waals surface area (Å²) < 4.78 is 0. The van der Waals surface area contributed by atoms with Gasteiger partial charge in [-0.15, -0.1) is 0 Å². The highest BCUT2D eigenvalue weighted by Gasteiger charge is 2.47. The van der Waals surface area contributed by atoms with Gasteiger partial charge in [-0.1, -0.05) is 34.6 Å². The number of carbonyl (C=O) groups excluding carboxylic acids is 1. The molecular formula is C16H32N2O2. The van der Waals surface area contributed by atoms with E-state index in [0.717, 1.165) is 12.8 Å². The van der Waals surface area contributed by atoms with Crippen molar-refractivity contribution in [2.45, 2.75) is 72.4 Å². The predicted octanol–water partition coefficient (Wildman–Crippen LogP) is 2.05. The molecule has 1 rings (SSSR count). The van der Waals surface area contributed by atoms with Crippen molar-refractivity contribution in [2.24, 2.45) is 22.5 Å². The van der Waals surface area contributed by atoms with Gasteiger partial charge in [-0.2, -0.15) is 0 Å². The van der Waals surface area contributed by atoms with Crippen LogP contribution in [0.1, 0.15) is 60.3 Å². The minimum Gasteiger partial charge on any atom is -0.392 e. The van der Waals surface area contributed by atoms with Crippen molar-refractivity contribution < 1.29 is 9.90 Å². The molecule has 4 nitrogen and oxygen atoms in total. The molecule has 4 N–H and O–H groups in total. The zero-order valence-corrected chi connectivity index (χ0v) is 13.7. The van der Waals surface area contributed by atoms with Gasteiger partial charge >= 0.3 is 0 Å². The molecule has 118 valence electrons. The summed E-state index contributed by atoms with van der Waals surface area (Å²) >= 11 is 0. The van der Waals surface area contributed by atoms with Crippen molar-refractivity contribution in [3.05, 3.63) is 0 Å². The molecule has 1 fully saturated rings. The summed E-state index contributed by atoms with van der Waals surface area (Å²) in [7, 11) is 0. The Labute approximate surface area is 123 Å². The highest BCUT2D eigenvalue weighted by atomic mass is 16.3. The van der Waals surface area contributed by atoms with Gasteiger partial charge in [0, 0.05) is 17.9 Å². The van der Waals surface area contributed by atoms with E-state index in [1.54, 1.807) is 0 Å². The molecule has 0 saturated heterocycles. The smallest absolute Gasteiger partial charge is 0.220 e. The number of hydrogen-bond donors (Lipinski definition) is 3. The molecule has 3 atom stereocenters. The number of aliphatic hydroxyl groups is 1. The second-order valence-corrected chi connectivity index (χ2v) is 7.87. The van der Waals surface area contributed by atoms with Gasteiger partial charge in [-0.05, 0) is 37.1 Å². The van der Waals surface area contributed by atoms with Crippen molar-refractivity contribution in [1.82, 2.24) is 5.32 Å². The van der Waals surface area contributed by atoms with E-state index < -0.39 is 0 Å². The van der Waals surface area contributed by atoms with Gasteiger partial charge in [0.25, 0.3) is 0 Å². The molecule has 3 unspecified atom stereocenters. The minimum atomic E-state index is -0.299. The first-order chi connectivity index (χ1) is 9.09. The second kappa shape index (κ2) is 6.44. The van der Waals surface area contributed by atoms with Gasteiger partial charge in [0.05, 0.1) is 6.10 Å². The SMILES string of the molecule is CC(C)(C)C(CCN)CCC(=O)NC1CC(O)C1(C)C. The van der Waals surface area contributed by atoms with Crippen LogP contribution in [0.25, 0.3) is 0 Å². The highest BCUT2D eigenvalue weighted by molar-refractivity contribution is 5.76. The Bertz CT molecular complexity index is 334. The number of nitrogens with one attached hydrogen (secondary N) is 1. The molecule has 20 heavy (non-hydrogen) atoms. The Kier molecular flexibility index (Phi) is 5.61. The van der Waals surface area contributed by atoms with Crippen LogP contribution in [-0.2, 0) is 4.79 Å². The number of amides is 1. The third kappa shape index (κ3) is 4.19. The molecule has 0 aromatic carbocycles. The molecule has 1 aliphatic rings. The van der Waals surface area contributed by atoms with Crippen LogP contribution in [0.3, 0.4) is 0 Å². The van der Waals surface area contributed by atoms with Crippen molar-refractivity contribution in [3.63, 3.8) is 0 Å². The van der Waals surface area contributed by atoms with E-state index in [2.05, 4.69) is 26.1 Å². The maximum absolute atomic E-state index is 12.1. The van der Waals surface area contributed by atoms with Crippen molar-refractivity contribution >= 4 is 5.91 Å². The van der Waals surface area contributed by atoms with Crippen LogP contribution in [0.2, 0.25) is 0 Å². The fourth-order valence-corrected chi connectivity index (χ4v) is 2.93. The molecule has 0 radical (unpaired) electrons. The summed E-state index contributed by atoms with van der Waals surface area (Å²) in [5, 5.41) is 12.7. The molecule has 1 saturated carbocycles. The lowest BCUT2D eigenvalue weighted by Gasteiger charge is -2.49. The van der Waals surface area contributed by atoms with E-state index in [-0.39, 0.29) is 28.9 Å². The summed E-state index contributed by atoms with van der Waals surface area (Å²) in [6.45, 7) is 11.3. The molecule has 0 aromatic heterocycles. The van der Waals surface area contributed by atoms with Crippen LogP contribution < -0.4 is 11.1 Å². The molecule has 0 aromatic rings. The Morgan fingerprint density at radius 2 is 2.00 bits per heavy atom. The molecule has 0 bridgehead atoms. The predicted molar refractivity (Wildman–Crippen MR) is 82.2 cm³/mol. The lowest BCUT2D eigenvalue weighted by Crippen LogP contribution is -2.61. The number of hydrogen-bond acceptors (Lipinski definition) is 3. The number of carbonyl (C=O) groups is 1. The first kappa shape index (κ1) is 17.4. The monoisotopic (exact) mass is 284 g/mol. The standard InChI is InChI=1S/C16H32N2O2/c1-15(2,3)11(8-9-17)6-7-14(20)18-12-10-13(19)16(12,4)5/h11-13,19H,6-10,17H2,1-5H3,(H,18,20). The normalized spacial score (nSPS) is 26.8. The topological polar surface area (TPSA) is 75.4 Å². The fraction of sp³-hybridized carbons (Fsp3) is 0.938. The second-order valence-electron chi connectivity index (χ2n) is 7.87.